The van der Waals surface area contributed by atoms with Crippen molar-refractivity contribution in [1.82, 2.24) is 5.32 Å². The van der Waals surface area contributed by atoms with E-state index in [0.717, 1.165) is 48.1 Å². The van der Waals surface area contributed by atoms with Gasteiger partial charge in [-0.3, -0.25) is 0 Å². The van der Waals surface area contributed by atoms with Gasteiger partial charge in [-0.1, -0.05) is 19.1 Å². The Labute approximate surface area is 127 Å². The Hall–Kier alpha value is -0.890. The lowest BCUT2D eigenvalue weighted by atomic mass is 9.92. The number of benzene rings is 1. The van der Waals surface area contributed by atoms with Crippen LogP contribution in [0.5, 0.6) is 0 Å². The Morgan fingerprint density at radius 1 is 1.24 bits per heavy atom. The van der Waals surface area contributed by atoms with Crippen LogP contribution in [0.2, 0.25) is 0 Å². The average molecular weight is 287 g/mol. The summed E-state index contributed by atoms with van der Waals surface area (Å²) < 4.78 is 14.0. The summed E-state index contributed by atoms with van der Waals surface area (Å²) in [6, 6.07) is 6.23. The van der Waals surface area contributed by atoms with E-state index in [1.807, 2.05) is 13.0 Å². The normalized spacial score (nSPS) is 37.6. The van der Waals surface area contributed by atoms with E-state index >= 15 is 0 Å². The fourth-order valence-electron chi connectivity index (χ4n) is 5.42. The monoisotopic (exact) mass is 287 g/mol. The SMILES string of the molecule is CCCNC(c1ccc(C)c(F)c1)C1C2C3CCC(C3)C21. The van der Waals surface area contributed by atoms with Crippen molar-refractivity contribution in [1.29, 1.82) is 0 Å². The lowest BCUT2D eigenvalue weighted by Crippen LogP contribution is -2.26. The molecule has 0 spiro atoms. The van der Waals surface area contributed by atoms with Crippen LogP contribution in [0.3, 0.4) is 0 Å². The zero-order chi connectivity index (χ0) is 14.6. The largest absolute Gasteiger partial charge is 0.310 e. The molecule has 1 nitrogen and oxygen atoms in total. The third-order valence-corrected chi connectivity index (χ3v) is 6.35. The molecule has 1 aromatic carbocycles. The molecule has 5 unspecified atom stereocenters. The average Bonchev–Trinajstić information content (AvgIpc) is 2.90. The first-order valence-corrected chi connectivity index (χ1v) is 8.70. The molecule has 0 saturated heterocycles. The molecular weight excluding hydrogens is 261 g/mol. The Bertz CT molecular complexity index is 524. The van der Waals surface area contributed by atoms with Gasteiger partial charge in [0, 0.05) is 6.04 Å². The zero-order valence-corrected chi connectivity index (χ0v) is 13.1. The van der Waals surface area contributed by atoms with Gasteiger partial charge in [0.15, 0.2) is 0 Å². The van der Waals surface area contributed by atoms with Gasteiger partial charge in [0.05, 0.1) is 0 Å². The number of rotatable bonds is 5. The van der Waals surface area contributed by atoms with E-state index in [1.54, 1.807) is 6.07 Å². The molecule has 0 amide bonds. The molecule has 1 N–H and O–H groups in total. The number of hydrogen-bond acceptors (Lipinski definition) is 1. The van der Waals surface area contributed by atoms with Crippen molar-refractivity contribution in [3.63, 3.8) is 0 Å². The Kier molecular flexibility index (Phi) is 3.33. The van der Waals surface area contributed by atoms with E-state index in [1.165, 1.54) is 24.8 Å². The Morgan fingerprint density at radius 2 is 1.95 bits per heavy atom. The summed E-state index contributed by atoms with van der Waals surface area (Å²) in [7, 11) is 0. The Balaban J connectivity index is 1.59. The third-order valence-electron chi connectivity index (χ3n) is 6.35. The molecule has 0 radical (unpaired) electrons. The summed E-state index contributed by atoms with van der Waals surface area (Å²) in [5, 5.41) is 3.73. The second kappa shape index (κ2) is 5.08. The molecule has 3 fully saturated rings. The minimum absolute atomic E-state index is 0.0513. The fourth-order valence-corrected chi connectivity index (χ4v) is 5.42. The van der Waals surface area contributed by atoms with E-state index in [0.29, 0.717) is 6.04 Å². The van der Waals surface area contributed by atoms with Crippen LogP contribution >= 0.6 is 0 Å². The fraction of sp³-hybridized carbons (Fsp3) is 0.684. The smallest absolute Gasteiger partial charge is 0.126 e. The number of halogens is 1. The molecule has 5 atom stereocenters. The highest BCUT2D eigenvalue weighted by Gasteiger charge is 2.66. The summed E-state index contributed by atoms with van der Waals surface area (Å²) in [4.78, 5) is 0. The number of hydrogen-bond donors (Lipinski definition) is 1. The summed E-state index contributed by atoms with van der Waals surface area (Å²) in [5.41, 5.74) is 1.93. The summed E-state index contributed by atoms with van der Waals surface area (Å²) in [6.45, 7) is 5.09. The molecule has 0 aliphatic heterocycles. The highest BCUT2D eigenvalue weighted by atomic mass is 19.1. The van der Waals surface area contributed by atoms with Gasteiger partial charge in [0.25, 0.3) is 0 Å². The van der Waals surface area contributed by atoms with Crippen molar-refractivity contribution in [2.24, 2.45) is 29.6 Å². The first-order valence-electron chi connectivity index (χ1n) is 8.70. The third kappa shape index (κ3) is 2.14. The molecule has 2 heteroatoms. The van der Waals surface area contributed by atoms with E-state index in [9.17, 15) is 4.39 Å². The predicted molar refractivity (Wildman–Crippen MR) is 83.5 cm³/mol. The van der Waals surface area contributed by atoms with Gasteiger partial charge in [-0.05, 0) is 85.9 Å². The Morgan fingerprint density at radius 3 is 2.57 bits per heavy atom. The van der Waals surface area contributed by atoms with E-state index < -0.39 is 0 Å². The maximum atomic E-state index is 14.0. The first kappa shape index (κ1) is 13.8. The van der Waals surface area contributed by atoms with E-state index in [2.05, 4.69) is 18.3 Å². The summed E-state index contributed by atoms with van der Waals surface area (Å²) in [5.74, 6) is 4.54. The lowest BCUT2D eigenvalue weighted by Gasteiger charge is -2.23. The minimum atomic E-state index is -0.0513. The number of aryl methyl sites for hydroxylation is 1. The molecule has 0 aromatic heterocycles. The highest BCUT2D eigenvalue weighted by Crippen LogP contribution is 2.72. The molecule has 21 heavy (non-hydrogen) atoms. The molecule has 3 aliphatic rings. The maximum absolute atomic E-state index is 14.0. The standard InChI is InChI=1S/C19H26FN/c1-3-8-21-19(14-5-4-11(2)15(20)10-14)18-16-12-6-7-13(9-12)17(16)18/h4-5,10,12-13,16-19,21H,3,6-9H2,1-2H3. The zero-order valence-electron chi connectivity index (χ0n) is 13.1. The van der Waals surface area contributed by atoms with Crippen molar-refractivity contribution < 1.29 is 4.39 Å². The van der Waals surface area contributed by atoms with Crippen LogP contribution in [0.1, 0.15) is 49.8 Å². The van der Waals surface area contributed by atoms with Crippen molar-refractivity contribution in [3.8, 4) is 0 Å². The molecule has 4 rings (SSSR count). The van der Waals surface area contributed by atoms with Crippen molar-refractivity contribution >= 4 is 0 Å². The molecule has 1 aromatic rings. The van der Waals surface area contributed by atoms with Gasteiger partial charge < -0.3 is 5.32 Å². The molecule has 3 aliphatic carbocycles. The molecular formula is C19H26FN. The quantitative estimate of drug-likeness (QED) is 0.842. The summed E-state index contributed by atoms with van der Waals surface area (Å²) >= 11 is 0. The van der Waals surface area contributed by atoms with Gasteiger partial charge >= 0.3 is 0 Å². The molecule has 0 heterocycles. The molecule has 2 bridgehead atoms. The minimum Gasteiger partial charge on any atom is -0.310 e. The number of fused-ring (bicyclic) bond motifs is 5. The maximum Gasteiger partial charge on any atom is 0.126 e. The second-order valence-corrected chi connectivity index (χ2v) is 7.51. The van der Waals surface area contributed by atoms with Crippen LogP contribution in [0.15, 0.2) is 18.2 Å². The highest BCUT2D eigenvalue weighted by molar-refractivity contribution is 5.30. The lowest BCUT2D eigenvalue weighted by molar-refractivity contribution is 0.369. The number of nitrogens with one attached hydrogen (secondary N) is 1. The van der Waals surface area contributed by atoms with Gasteiger partial charge in [-0.2, -0.15) is 0 Å². The van der Waals surface area contributed by atoms with Gasteiger partial charge in [0.2, 0.25) is 0 Å². The van der Waals surface area contributed by atoms with Gasteiger partial charge in [-0.15, -0.1) is 0 Å². The van der Waals surface area contributed by atoms with Crippen molar-refractivity contribution in [2.45, 2.75) is 45.6 Å². The van der Waals surface area contributed by atoms with Crippen LogP contribution in [-0.4, -0.2) is 6.54 Å². The van der Waals surface area contributed by atoms with Crippen LogP contribution in [-0.2, 0) is 0 Å². The van der Waals surface area contributed by atoms with Gasteiger partial charge in [-0.25, -0.2) is 4.39 Å². The van der Waals surface area contributed by atoms with Crippen LogP contribution < -0.4 is 5.32 Å². The van der Waals surface area contributed by atoms with Crippen molar-refractivity contribution in [2.75, 3.05) is 6.54 Å². The molecule has 114 valence electrons. The van der Waals surface area contributed by atoms with E-state index in [-0.39, 0.29) is 5.82 Å². The van der Waals surface area contributed by atoms with Gasteiger partial charge in [0.1, 0.15) is 5.82 Å². The van der Waals surface area contributed by atoms with Crippen LogP contribution in [0, 0.1) is 42.3 Å². The van der Waals surface area contributed by atoms with E-state index in [4.69, 9.17) is 0 Å². The topological polar surface area (TPSA) is 12.0 Å². The van der Waals surface area contributed by atoms with Crippen molar-refractivity contribution in [3.05, 3.63) is 35.1 Å². The summed E-state index contributed by atoms with van der Waals surface area (Å²) in [6.07, 6.45) is 5.52. The second-order valence-electron chi connectivity index (χ2n) is 7.51. The molecule has 3 saturated carbocycles. The van der Waals surface area contributed by atoms with Crippen LogP contribution in [0.4, 0.5) is 4.39 Å². The predicted octanol–water partition coefficient (Wildman–Crippen LogP) is 4.47. The first-order chi connectivity index (χ1) is 10.2. The van der Waals surface area contributed by atoms with Crippen LogP contribution in [0.25, 0.3) is 0 Å².